The summed E-state index contributed by atoms with van der Waals surface area (Å²) in [6, 6.07) is 14.0. The van der Waals surface area contributed by atoms with E-state index in [1.54, 1.807) is 39.5 Å². The van der Waals surface area contributed by atoms with Gasteiger partial charge in [-0.2, -0.15) is 0 Å². The number of nitrogens with two attached hydrogens (primary N) is 2. The van der Waals surface area contributed by atoms with E-state index >= 15 is 0 Å². The van der Waals surface area contributed by atoms with E-state index in [2.05, 4.69) is 5.32 Å². The van der Waals surface area contributed by atoms with Crippen LogP contribution in [0.3, 0.4) is 0 Å². The van der Waals surface area contributed by atoms with Gasteiger partial charge in [-0.25, -0.2) is 5.84 Å². The minimum Gasteiger partial charge on any atom is -0.493 e. The quantitative estimate of drug-likeness (QED) is 0.128. The van der Waals surface area contributed by atoms with Crippen LogP contribution >= 0.6 is 0 Å². The lowest BCUT2D eigenvalue weighted by molar-refractivity contribution is -0.130. The SMILES string of the molecule is COc1cccc(OC)c1OC.N/C(=C\N(N)c1ccc2c(c1)OCO2)C(=O)NC1c2cc3c(cc2CCC1COC=O)OCO3. The number of nitrogens with zero attached hydrogens (tertiary/aromatic N) is 1. The molecule has 1 aliphatic carbocycles. The normalized spacial score (nSPS) is 17.1. The number of hydrogen-bond acceptors (Lipinski definition) is 13. The first kappa shape index (κ1) is 31.9. The Morgan fingerprint density at radius 1 is 0.935 bits per heavy atom. The average molecular weight is 637 g/mol. The van der Waals surface area contributed by atoms with Gasteiger partial charge in [-0.1, -0.05) is 6.07 Å². The van der Waals surface area contributed by atoms with Crippen LogP contribution in [0.2, 0.25) is 0 Å². The average Bonchev–Trinajstić information content (AvgIpc) is 3.75. The lowest BCUT2D eigenvalue weighted by Crippen LogP contribution is -2.41. The van der Waals surface area contributed by atoms with Gasteiger partial charge in [0.15, 0.2) is 34.5 Å². The number of carbonyl (C=O) groups excluding carboxylic acids is 2. The molecule has 5 N–H and O–H groups in total. The van der Waals surface area contributed by atoms with E-state index in [0.29, 0.717) is 58.8 Å². The fraction of sp³-hybridized carbons (Fsp3) is 0.312. The molecular formula is C32H36N4O10. The minimum atomic E-state index is -0.511. The summed E-state index contributed by atoms with van der Waals surface area (Å²) in [5.41, 5.74) is 8.45. The topological polar surface area (TPSA) is 175 Å². The Hall–Kier alpha value is -5.50. The third kappa shape index (κ3) is 6.91. The molecule has 6 rings (SSSR count). The van der Waals surface area contributed by atoms with E-state index in [4.69, 9.17) is 49.5 Å². The van der Waals surface area contributed by atoms with Crippen molar-refractivity contribution in [1.29, 1.82) is 0 Å². The number of ether oxygens (including phenoxy) is 8. The molecule has 3 aromatic carbocycles. The molecule has 2 aliphatic heterocycles. The van der Waals surface area contributed by atoms with E-state index in [9.17, 15) is 9.59 Å². The molecule has 0 fully saturated rings. The van der Waals surface area contributed by atoms with Gasteiger partial charge < -0.3 is 48.9 Å². The number of hydrogen-bond donors (Lipinski definition) is 3. The van der Waals surface area contributed by atoms with Crippen molar-refractivity contribution in [2.45, 2.75) is 18.9 Å². The smallest absolute Gasteiger partial charge is 0.293 e. The maximum absolute atomic E-state index is 13.0. The molecule has 2 heterocycles. The third-order valence-corrected chi connectivity index (χ3v) is 7.67. The van der Waals surface area contributed by atoms with E-state index in [-0.39, 0.29) is 31.8 Å². The van der Waals surface area contributed by atoms with Crippen molar-refractivity contribution in [2.75, 3.05) is 46.5 Å². The van der Waals surface area contributed by atoms with Crippen LogP contribution < -0.4 is 55.1 Å². The molecule has 14 heteroatoms. The van der Waals surface area contributed by atoms with Crippen molar-refractivity contribution in [3.05, 3.63) is 71.6 Å². The minimum absolute atomic E-state index is 0.0944. The van der Waals surface area contributed by atoms with Crippen LogP contribution in [0, 0.1) is 5.92 Å². The number of amides is 1. The molecule has 0 aromatic heterocycles. The number of para-hydroxylation sites is 1. The zero-order chi connectivity index (χ0) is 32.6. The van der Waals surface area contributed by atoms with Gasteiger partial charge >= 0.3 is 0 Å². The molecule has 1 amide bonds. The number of carbonyl (C=O) groups is 2. The molecule has 3 aromatic rings. The standard InChI is InChI=1S/C23H24N4O7.C9H12O3/c24-17(8-27(25)15-3-4-18-20(6-15)33-11-31-18)23(29)26-22-14(9-30-10-28)2-1-13-5-19-21(7-16(13)22)34-12-32-19;1-10-7-5-4-6-8(11-2)9(7)12-3/h3-8,10,14,22H,1-2,9,11-12,24-25H2,(H,26,29);4-6H,1-3H3/b17-8-;. The molecule has 0 saturated carbocycles. The van der Waals surface area contributed by atoms with Gasteiger partial charge in [-0.05, 0) is 60.4 Å². The summed E-state index contributed by atoms with van der Waals surface area (Å²) >= 11 is 0. The second kappa shape index (κ2) is 14.5. The molecule has 14 nitrogen and oxygen atoms in total. The summed E-state index contributed by atoms with van der Waals surface area (Å²) in [6.45, 7) is 0.850. The van der Waals surface area contributed by atoms with Crippen LogP contribution in [0.25, 0.3) is 0 Å². The summed E-state index contributed by atoms with van der Waals surface area (Å²) in [6.07, 6.45) is 2.78. The van der Waals surface area contributed by atoms with Gasteiger partial charge in [-0.3, -0.25) is 14.6 Å². The van der Waals surface area contributed by atoms with Gasteiger partial charge in [0.25, 0.3) is 12.4 Å². The van der Waals surface area contributed by atoms with Crippen LogP contribution in [0.15, 0.2) is 60.4 Å². The van der Waals surface area contributed by atoms with Crippen molar-refractivity contribution in [2.24, 2.45) is 17.5 Å². The number of anilines is 1. The molecule has 0 radical (unpaired) electrons. The Morgan fingerprint density at radius 2 is 1.59 bits per heavy atom. The van der Waals surface area contributed by atoms with Gasteiger partial charge in [-0.15, -0.1) is 0 Å². The largest absolute Gasteiger partial charge is 0.493 e. The van der Waals surface area contributed by atoms with E-state index in [1.807, 2.05) is 30.3 Å². The zero-order valence-electron chi connectivity index (χ0n) is 25.6. The molecule has 2 atom stereocenters. The molecule has 3 aliphatic rings. The Labute approximate surface area is 265 Å². The Kier molecular flexibility index (Phi) is 10.1. The highest BCUT2D eigenvalue weighted by molar-refractivity contribution is 5.93. The predicted molar refractivity (Wildman–Crippen MR) is 165 cm³/mol. The number of nitrogens with one attached hydrogen (secondary N) is 1. The van der Waals surface area contributed by atoms with Crippen LogP contribution in [0.4, 0.5) is 5.69 Å². The second-order valence-corrected chi connectivity index (χ2v) is 10.3. The number of benzene rings is 3. The highest BCUT2D eigenvalue weighted by Crippen LogP contribution is 2.43. The Morgan fingerprint density at radius 3 is 2.24 bits per heavy atom. The molecule has 0 saturated heterocycles. The summed E-state index contributed by atoms with van der Waals surface area (Å²) in [5.74, 6) is 9.89. The van der Waals surface area contributed by atoms with E-state index < -0.39 is 11.9 Å². The fourth-order valence-electron chi connectivity index (χ4n) is 5.38. The number of hydrazine groups is 1. The first-order valence-corrected chi connectivity index (χ1v) is 14.3. The molecule has 0 bridgehead atoms. The van der Waals surface area contributed by atoms with Crippen molar-refractivity contribution in [3.8, 4) is 40.2 Å². The lowest BCUT2D eigenvalue weighted by atomic mass is 9.79. The fourth-order valence-corrected chi connectivity index (χ4v) is 5.38. The van der Waals surface area contributed by atoms with Gasteiger partial charge in [0.1, 0.15) is 5.70 Å². The predicted octanol–water partition coefficient (Wildman–Crippen LogP) is 2.93. The van der Waals surface area contributed by atoms with Crippen molar-refractivity contribution >= 4 is 18.1 Å². The first-order chi connectivity index (χ1) is 22.4. The molecule has 2 unspecified atom stereocenters. The molecule has 244 valence electrons. The van der Waals surface area contributed by atoms with Crippen molar-refractivity contribution in [1.82, 2.24) is 5.32 Å². The van der Waals surface area contributed by atoms with Crippen LogP contribution in [0.1, 0.15) is 23.6 Å². The number of methoxy groups -OCH3 is 3. The van der Waals surface area contributed by atoms with Gasteiger partial charge in [0.2, 0.25) is 19.3 Å². The number of rotatable bonds is 10. The Balaban J connectivity index is 0.000000293. The Bertz CT molecular complexity index is 1580. The molecule has 46 heavy (non-hydrogen) atoms. The summed E-state index contributed by atoms with van der Waals surface area (Å²) in [7, 11) is 4.77. The number of aryl methyl sites for hydroxylation is 1. The molecule has 0 spiro atoms. The maximum Gasteiger partial charge on any atom is 0.293 e. The van der Waals surface area contributed by atoms with Gasteiger partial charge in [0, 0.05) is 18.2 Å². The van der Waals surface area contributed by atoms with E-state index in [0.717, 1.165) is 17.5 Å². The second-order valence-electron chi connectivity index (χ2n) is 10.3. The summed E-state index contributed by atoms with van der Waals surface area (Å²) in [4.78, 5) is 23.8. The van der Waals surface area contributed by atoms with Crippen molar-refractivity contribution < 1.29 is 47.5 Å². The van der Waals surface area contributed by atoms with Crippen LogP contribution in [-0.2, 0) is 20.7 Å². The zero-order valence-corrected chi connectivity index (χ0v) is 25.6. The summed E-state index contributed by atoms with van der Waals surface area (Å²) in [5, 5.41) is 4.20. The van der Waals surface area contributed by atoms with Crippen LogP contribution in [0.5, 0.6) is 40.2 Å². The van der Waals surface area contributed by atoms with E-state index in [1.165, 1.54) is 11.2 Å². The maximum atomic E-state index is 13.0. The van der Waals surface area contributed by atoms with Crippen molar-refractivity contribution in [3.63, 3.8) is 0 Å². The van der Waals surface area contributed by atoms with Gasteiger partial charge in [0.05, 0.1) is 39.7 Å². The summed E-state index contributed by atoms with van der Waals surface area (Å²) < 4.78 is 41.9. The van der Waals surface area contributed by atoms with Crippen LogP contribution in [-0.4, -0.2) is 53.9 Å². The lowest BCUT2D eigenvalue weighted by Gasteiger charge is -2.34. The monoisotopic (exact) mass is 636 g/mol. The highest BCUT2D eigenvalue weighted by atomic mass is 16.7. The number of fused-ring (bicyclic) bond motifs is 3. The first-order valence-electron chi connectivity index (χ1n) is 14.3. The molecular weight excluding hydrogens is 600 g/mol. The third-order valence-electron chi connectivity index (χ3n) is 7.67. The highest BCUT2D eigenvalue weighted by Gasteiger charge is 2.34.